The van der Waals surface area contributed by atoms with Gasteiger partial charge < -0.3 is 20.1 Å². The predicted molar refractivity (Wildman–Crippen MR) is 86.7 cm³/mol. The van der Waals surface area contributed by atoms with E-state index in [1.165, 1.54) is 0 Å². The molecule has 3 N–H and O–H groups in total. The van der Waals surface area contributed by atoms with Gasteiger partial charge in [-0.15, -0.1) is 0 Å². The molecule has 0 aromatic rings. The number of ether oxygens (including phenoxy) is 1. The maximum atomic E-state index is 12.3. The van der Waals surface area contributed by atoms with Crippen LogP contribution in [-0.4, -0.2) is 45.7 Å². The zero-order valence-electron chi connectivity index (χ0n) is 13.9. The third-order valence-electron chi connectivity index (χ3n) is 6.49. The number of hydrogen-bond acceptors (Lipinski definition) is 5. The molecule has 1 saturated carbocycles. The van der Waals surface area contributed by atoms with Crippen molar-refractivity contribution in [2.75, 3.05) is 0 Å². The number of aliphatic hydroxyl groups excluding tert-OH is 3. The number of esters is 1. The van der Waals surface area contributed by atoms with Crippen molar-refractivity contribution in [2.24, 2.45) is 29.6 Å². The van der Waals surface area contributed by atoms with Crippen LogP contribution in [-0.2, 0) is 9.53 Å². The number of fused-ring (bicyclic) bond motifs is 5. The van der Waals surface area contributed by atoms with Gasteiger partial charge in [-0.05, 0) is 36.5 Å². The van der Waals surface area contributed by atoms with Crippen molar-refractivity contribution in [3.63, 3.8) is 0 Å². The van der Waals surface area contributed by atoms with Gasteiger partial charge in [0.15, 0.2) is 0 Å². The lowest BCUT2D eigenvalue weighted by atomic mass is 9.68. The van der Waals surface area contributed by atoms with Gasteiger partial charge in [-0.3, -0.25) is 0 Å². The first-order chi connectivity index (χ1) is 11.4. The Kier molecular flexibility index (Phi) is 4.06. The van der Waals surface area contributed by atoms with Crippen molar-refractivity contribution < 1.29 is 24.9 Å². The molecule has 5 heteroatoms. The summed E-state index contributed by atoms with van der Waals surface area (Å²) in [5.74, 6) is 0.260. The highest BCUT2D eigenvalue weighted by molar-refractivity contribution is 5.90. The smallest absolute Gasteiger partial charge is 0.336 e. The molecule has 0 aromatic carbocycles. The minimum absolute atomic E-state index is 0.0427. The maximum Gasteiger partial charge on any atom is 0.336 e. The second kappa shape index (κ2) is 5.97. The summed E-state index contributed by atoms with van der Waals surface area (Å²) in [6.07, 6.45) is 6.18. The predicted octanol–water partition coefficient (Wildman–Crippen LogP) is 1.18. The van der Waals surface area contributed by atoms with Crippen LogP contribution in [0.5, 0.6) is 0 Å². The first-order valence-electron chi connectivity index (χ1n) is 9.09. The zero-order chi connectivity index (χ0) is 17.0. The average Bonchev–Trinajstić information content (AvgIpc) is 2.79. The molecule has 24 heavy (non-hydrogen) atoms. The standard InChI is InChI=1S/C19H26O5/c1-9-4-15-13(18(9)22)3-2-10-5-11(20)6-12-7-17(21)16(8-14(10)15)19(23)24-12/h2-3,8-15,17-18,20-22H,4-7H2,1H3/t9-,10+,11+,12+,13-,14-,15-,17-,18-/m0/s1. The van der Waals surface area contributed by atoms with Crippen LogP contribution in [0.1, 0.15) is 32.6 Å². The summed E-state index contributed by atoms with van der Waals surface area (Å²) in [6.45, 7) is 2.06. The number of hydrogen-bond donors (Lipinski definition) is 3. The molecule has 0 amide bonds. The monoisotopic (exact) mass is 334 g/mol. The number of carbonyl (C=O) groups is 1. The van der Waals surface area contributed by atoms with E-state index in [0.717, 1.165) is 6.42 Å². The van der Waals surface area contributed by atoms with E-state index in [1.54, 1.807) is 0 Å². The molecule has 2 fully saturated rings. The minimum atomic E-state index is -0.824. The lowest BCUT2D eigenvalue weighted by Crippen LogP contribution is -2.41. The van der Waals surface area contributed by atoms with Crippen LogP contribution in [0.25, 0.3) is 0 Å². The van der Waals surface area contributed by atoms with Crippen LogP contribution in [0.3, 0.4) is 0 Å². The van der Waals surface area contributed by atoms with Crippen LogP contribution in [0.15, 0.2) is 23.8 Å². The third kappa shape index (κ3) is 2.63. The van der Waals surface area contributed by atoms with Crippen LogP contribution >= 0.6 is 0 Å². The molecule has 132 valence electrons. The summed E-state index contributed by atoms with van der Waals surface area (Å²) in [5, 5.41) is 31.3. The van der Waals surface area contributed by atoms with Crippen molar-refractivity contribution in [3.05, 3.63) is 23.8 Å². The summed E-state index contributed by atoms with van der Waals surface area (Å²) in [5.41, 5.74) is 0.362. The van der Waals surface area contributed by atoms with E-state index in [2.05, 4.69) is 19.1 Å². The molecule has 0 radical (unpaired) electrons. The van der Waals surface area contributed by atoms with Crippen LogP contribution in [0, 0.1) is 29.6 Å². The summed E-state index contributed by atoms with van der Waals surface area (Å²) >= 11 is 0. The highest BCUT2D eigenvalue weighted by Gasteiger charge is 2.47. The zero-order valence-corrected chi connectivity index (χ0v) is 13.9. The quantitative estimate of drug-likeness (QED) is 0.457. The lowest BCUT2D eigenvalue weighted by molar-refractivity contribution is -0.153. The van der Waals surface area contributed by atoms with E-state index in [4.69, 9.17) is 4.74 Å². The highest BCUT2D eigenvalue weighted by Crippen LogP contribution is 2.49. The number of aliphatic hydroxyl groups is 3. The maximum absolute atomic E-state index is 12.3. The second-order valence-corrected chi connectivity index (χ2v) is 8.10. The SMILES string of the molecule is C[C@H]1C[C@H]2[C@H](C=C[C@@H]3C[C@@H](O)C[C@@H]4C[C@H](O)C(=C[C@H]23)C(=O)O4)[C@H]1O. The summed E-state index contributed by atoms with van der Waals surface area (Å²) in [7, 11) is 0. The minimum Gasteiger partial charge on any atom is -0.459 e. The van der Waals surface area contributed by atoms with Gasteiger partial charge in [-0.2, -0.15) is 0 Å². The first kappa shape index (κ1) is 16.3. The fourth-order valence-electron chi connectivity index (χ4n) is 5.25. The Labute approximate surface area is 142 Å². The third-order valence-corrected chi connectivity index (χ3v) is 6.49. The molecule has 5 aliphatic rings. The molecule has 0 spiro atoms. The van der Waals surface area contributed by atoms with Gasteiger partial charge in [0.2, 0.25) is 0 Å². The Morgan fingerprint density at radius 3 is 2.58 bits per heavy atom. The van der Waals surface area contributed by atoms with Gasteiger partial charge >= 0.3 is 5.97 Å². The molecular weight excluding hydrogens is 308 g/mol. The fourth-order valence-corrected chi connectivity index (χ4v) is 5.25. The van der Waals surface area contributed by atoms with Gasteiger partial charge in [0.1, 0.15) is 6.10 Å². The van der Waals surface area contributed by atoms with Crippen LogP contribution in [0.2, 0.25) is 0 Å². The molecule has 0 unspecified atom stereocenters. The van der Waals surface area contributed by atoms with Crippen molar-refractivity contribution >= 4 is 5.97 Å². The van der Waals surface area contributed by atoms with Gasteiger partial charge in [0.25, 0.3) is 0 Å². The van der Waals surface area contributed by atoms with E-state index in [-0.39, 0.29) is 35.7 Å². The molecule has 5 nitrogen and oxygen atoms in total. The van der Waals surface area contributed by atoms with E-state index >= 15 is 0 Å². The normalized spacial score (nSPS) is 50.8. The molecule has 5 rings (SSSR count). The molecule has 3 aliphatic carbocycles. The number of rotatable bonds is 0. The van der Waals surface area contributed by atoms with Crippen LogP contribution in [0.4, 0.5) is 0 Å². The molecule has 2 bridgehead atoms. The summed E-state index contributed by atoms with van der Waals surface area (Å²) in [6, 6.07) is 0. The molecule has 1 saturated heterocycles. The average molecular weight is 334 g/mol. The fraction of sp³-hybridized carbons (Fsp3) is 0.737. The van der Waals surface area contributed by atoms with E-state index in [9.17, 15) is 20.1 Å². The van der Waals surface area contributed by atoms with Gasteiger partial charge in [-0.1, -0.05) is 25.2 Å². The molecule has 2 heterocycles. The van der Waals surface area contributed by atoms with Crippen LogP contribution < -0.4 is 0 Å². The molecule has 2 aliphatic heterocycles. The highest BCUT2D eigenvalue weighted by atomic mass is 16.5. The van der Waals surface area contributed by atoms with Gasteiger partial charge in [-0.25, -0.2) is 4.79 Å². The van der Waals surface area contributed by atoms with E-state index in [0.29, 0.717) is 24.8 Å². The number of carbonyl (C=O) groups excluding carboxylic acids is 1. The van der Waals surface area contributed by atoms with Crippen molar-refractivity contribution in [1.29, 1.82) is 0 Å². The Morgan fingerprint density at radius 2 is 1.83 bits per heavy atom. The van der Waals surface area contributed by atoms with Crippen molar-refractivity contribution in [3.8, 4) is 0 Å². The molecular formula is C19H26O5. The first-order valence-corrected chi connectivity index (χ1v) is 9.09. The second-order valence-electron chi connectivity index (χ2n) is 8.10. The summed E-state index contributed by atoms with van der Waals surface area (Å²) in [4.78, 5) is 12.3. The molecule has 0 aromatic heterocycles. The largest absolute Gasteiger partial charge is 0.459 e. The Hall–Kier alpha value is -1.17. The Balaban J connectivity index is 1.75. The summed E-state index contributed by atoms with van der Waals surface area (Å²) < 4.78 is 5.41. The topological polar surface area (TPSA) is 87.0 Å². The number of allylic oxidation sites excluding steroid dienone is 2. The van der Waals surface area contributed by atoms with E-state index in [1.807, 2.05) is 6.08 Å². The van der Waals surface area contributed by atoms with E-state index < -0.39 is 24.3 Å². The van der Waals surface area contributed by atoms with Crippen molar-refractivity contribution in [1.82, 2.24) is 0 Å². The molecule has 9 atom stereocenters. The van der Waals surface area contributed by atoms with Gasteiger partial charge in [0, 0.05) is 18.8 Å². The van der Waals surface area contributed by atoms with Crippen molar-refractivity contribution in [2.45, 2.75) is 57.0 Å². The lowest BCUT2D eigenvalue weighted by Gasteiger charge is -2.39. The van der Waals surface area contributed by atoms with Gasteiger partial charge in [0.05, 0.1) is 23.9 Å². The Bertz CT molecular complexity index is 582. The Morgan fingerprint density at radius 1 is 1.04 bits per heavy atom.